The monoisotopic (exact) mass is 418 g/mol. The number of aryl methyl sites for hydroxylation is 1. The molecule has 0 unspecified atom stereocenters. The molecular weight excluding hydrogens is 400 g/mol. The summed E-state index contributed by atoms with van der Waals surface area (Å²) in [7, 11) is 1.63. The summed E-state index contributed by atoms with van der Waals surface area (Å²) in [6.45, 7) is 2.17. The summed E-state index contributed by atoms with van der Waals surface area (Å²) in [5, 5.41) is 6.50. The first-order valence-electron chi connectivity index (χ1n) is 9.36. The molecule has 8 heteroatoms. The van der Waals surface area contributed by atoms with E-state index < -0.39 is 0 Å². The zero-order chi connectivity index (χ0) is 20.7. The molecule has 0 bridgehead atoms. The van der Waals surface area contributed by atoms with E-state index in [-0.39, 0.29) is 5.56 Å². The van der Waals surface area contributed by atoms with Crippen molar-refractivity contribution in [2.24, 2.45) is 0 Å². The molecular formula is C22H18N4O3S. The molecule has 0 aliphatic heterocycles. The van der Waals surface area contributed by atoms with Gasteiger partial charge in [0.25, 0.3) is 5.56 Å². The van der Waals surface area contributed by atoms with Gasteiger partial charge < -0.3 is 13.7 Å². The van der Waals surface area contributed by atoms with Crippen LogP contribution in [0.1, 0.15) is 11.5 Å². The number of benzene rings is 1. The highest BCUT2D eigenvalue weighted by Crippen LogP contribution is 2.25. The van der Waals surface area contributed by atoms with E-state index in [1.54, 1.807) is 39.9 Å². The molecule has 1 aromatic carbocycles. The number of rotatable bonds is 5. The third-order valence-electron chi connectivity index (χ3n) is 4.93. The van der Waals surface area contributed by atoms with Crippen LogP contribution in [0.2, 0.25) is 0 Å². The van der Waals surface area contributed by atoms with Crippen molar-refractivity contribution in [2.45, 2.75) is 13.5 Å². The quantitative estimate of drug-likeness (QED) is 0.427. The first-order chi connectivity index (χ1) is 14.6. The van der Waals surface area contributed by atoms with Crippen LogP contribution in [0, 0.1) is 6.92 Å². The van der Waals surface area contributed by atoms with Crippen LogP contribution in [0.5, 0.6) is 5.75 Å². The third kappa shape index (κ3) is 3.21. The first kappa shape index (κ1) is 18.4. The van der Waals surface area contributed by atoms with Crippen LogP contribution in [-0.2, 0) is 6.54 Å². The fourth-order valence-electron chi connectivity index (χ4n) is 3.29. The van der Waals surface area contributed by atoms with Gasteiger partial charge in [0, 0.05) is 18.0 Å². The highest BCUT2D eigenvalue weighted by atomic mass is 32.1. The second-order valence-corrected chi connectivity index (χ2v) is 7.77. The molecule has 30 heavy (non-hydrogen) atoms. The van der Waals surface area contributed by atoms with Gasteiger partial charge >= 0.3 is 0 Å². The van der Waals surface area contributed by atoms with Crippen LogP contribution in [-0.4, -0.2) is 26.3 Å². The molecule has 4 heterocycles. The smallest absolute Gasteiger partial charge is 0.276 e. The average Bonchev–Trinajstić information content (AvgIpc) is 3.50. The maximum Gasteiger partial charge on any atom is 0.276 e. The molecule has 0 fully saturated rings. The molecule has 0 aliphatic rings. The second-order valence-electron chi connectivity index (χ2n) is 6.82. The first-order valence-corrected chi connectivity index (χ1v) is 10.2. The largest absolute Gasteiger partial charge is 0.497 e. The van der Waals surface area contributed by atoms with Gasteiger partial charge in [-0.05, 0) is 48.7 Å². The van der Waals surface area contributed by atoms with Crippen molar-refractivity contribution in [3.8, 4) is 27.8 Å². The minimum Gasteiger partial charge on any atom is -0.497 e. The summed E-state index contributed by atoms with van der Waals surface area (Å²) in [6.07, 6.45) is 3.51. The Bertz CT molecular complexity index is 1380. The molecule has 7 nitrogen and oxygen atoms in total. The highest BCUT2D eigenvalue weighted by Gasteiger charge is 2.15. The number of hydrogen-bond acceptors (Lipinski definition) is 6. The van der Waals surface area contributed by atoms with E-state index in [2.05, 4.69) is 10.1 Å². The minimum absolute atomic E-state index is 0.124. The normalized spacial score (nSPS) is 11.3. The fraction of sp³-hybridized carbons (Fsp3) is 0.136. The maximum absolute atomic E-state index is 13.0. The Morgan fingerprint density at radius 1 is 1.17 bits per heavy atom. The maximum atomic E-state index is 13.0. The van der Waals surface area contributed by atoms with Gasteiger partial charge in [0.05, 0.1) is 18.5 Å². The minimum atomic E-state index is -0.124. The Balaban J connectivity index is 1.47. The number of ether oxygens (including phenoxy) is 1. The van der Waals surface area contributed by atoms with Gasteiger partial charge in [-0.2, -0.15) is 5.10 Å². The average molecular weight is 418 g/mol. The van der Waals surface area contributed by atoms with E-state index in [1.807, 2.05) is 54.8 Å². The molecule has 0 N–H and O–H groups in total. The zero-order valence-electron chi connectivity index (χ0n) is 16.4. The van der Waals surface area contributed by atoms with Crippen molar-refractivity contribution in [1.29, 1.82) is 0 Å². The van der Waals surface area contributed by atoms with E-state index in [9.17, 15) is 4.79 Å². The molecule has 150 valence electrons. The summed E-state index contributed by atoms with van der Waals surface area (Å²) in [6, 6.07) is 13.3. The third-order valence-corrected chi connectivity index (χ3v) is 5.82. The lowest BCUT2D eigenvalue weighted by molar-refractivity contribution is 0.415. The number of fused-ring (bicyclic) bond motifs is 1. The van der Waals surface area contributed by atoms with E-state index in [1.165, 1.54) is 0 Å². The van der Waals surface area contributed by atoms with E-state index in [0.717, 1.165) is 21.9 Å². The predicted molar refractivity (Wildman–Crippen MR) is 115 cm³/mol. The van der Waals surface area contributed by atoms with Gasteiger partial charge in [-0.15, -0.1) is 11.3 Å². The number of methoxy groups -OCH3 is 1. The molecule has 5 rings (SSSR count). The van der Waals surface area contributed by atoms with Crippen LogP contribution in [0.15, 0.2) is 69.5 Å². The second kappa shape index (κ2) is 7.31. The Morgan fingerprint density at radius 2 is 2.00 bits per heavy atom. The number of hydrogen-bond donors (Lipinski definition) is 0. The number of oxazole rings is 1. The van der Waals surface area contributed by atoms with Crippen LogP contribution >= 0.6 is 11.3 Å². The van der Waals surface area contributed by atoms with Gasteiger partial charge in [0.1, 0.15) is 28.4 Å². The molecule has 5 aromatic rings. The Hall–Kier alpha value is -3.65. The van der Waals surface area contributed by atoms with Gasteiger partial charge in [-0.1, -0.05) is 6.07 Å². The fourth-order valence-corrected chi connectivity index (χ4v) is 3.97. The molecule has 0 saturated heterocycles. The molecule has 0 atom stereocenters. The number of nitrogens with zero attached hydrogens (tertiary/aromatic N) is 4. The summed E-state index contributed by atoms with van der Waals surface area (Å²) in [5.41, 5.74) is 2.76. The van der Waals surface area contributed by atoms with Crippen LogP contribution in [0.3, 0.4) is 0 Å². The van der Waals surface area contributed by atoms with Crippen molar-refractivity contribution in [1.82, 2.24) is 19.2 Å². The van der Waals surface area contributed by atoms with Crippen molar-refractivity contribution >= 4 is 16.9 Å². The van der Waals surface area contributed by atoms with Crippen molar-refractivity contribution in [2.75, 3.05) is 7.11 Å². The highest BCUT2D eigenvalue weighted by molar-refractivity contribution is 7.13. The Kier molecular flexibility index (Phi) is 4.48. The summed E-state index contributed by atoms with van der Waals surface area (Å²) in [4.78, 5) is 18.6. The van der Waals surface area contributed by atoms with Gasteiger partial charge in [0.15, 0.2) is 0 Å². The van der Waals surface area contributed by atoms with Crippen molar-refractivity contribution in [3.63, 3.8) is 0 Å². The summed E-state index contributed by atoms with van der Waals surface area (Å²) in [5.74, 6) is 1.97. The van der Waals surface area contributed by atoms with Crippen LogP contribution in [0.4, 0.5) is 0 Å². The number of aromatic nitrogens is 4. The molecule has 0 saturated carbocycles. The van der Waals surface area contributed by atoms with E-state index in [4.69, 9.17) is 9.15 Å². The Morgan fingerprint density at radius 3 is 2.73 bits per heavy atom. The summed E-state index contributed by atoms with van der Waals surface area (Å²) < 4.78 is 14.3. The molecule has 0 radical (unpaired) electrons. The van der Waals surface area contributed by atoms with Gasteiger partial charge in [0.2, 0.25) is 5.89 Å². The van der Waals surface area contributed by atoms with E-state index >= 15 is 0 Å². The van der Waals surface area contributed by atoms with Crippen molar-refractivity contribution in [3.05, 3.63) is 82.0 Å². The lowest BCUT2D eigenvalue weighted by Gasteiger charge is -2.04. The van der Waals surface area contributed by atoms with Crippen LogP contribution < -0.4 is 10.3 Å². The number of thiophene rings is 1. The molecule has 0 spiro atoms. The predicted octanol–water partition coefficient (Wildman–Crippen LogP) is 4.24. The SMILES string of the molecule is COc1ccc(-c2nc(Cn3ccn4nc(-c5cccs5)cc4c3=O)c(C)o2)cc1. The molecule has 0 amide bonds. The van der Waals surface area contributed by atoms with Gasteiger partial charge in [-0.25, -0.2) is 9.50 Å². The summed E-state index contributed by atoms with van der Waals surface area (Å²) >= 11 is 1.59. The van der Waals surface area contributed by atoms with Gasteiger partial charge in [-0.3, -0.25) is 4.79 Å². The van der Waals surface area contributed by atoms with Crippen molar-refractivity contribution < 1.29 is 9.15 Å². The topological polar surface area (TPSA) is 74.6 Å². The molecule has 4 aromatic heterocycles. The lowest BCUT2D eigenvalue weighted by Crippen LogP contribution is -2.22. The lowest BCUT2D eigenvalue weighted by atomic mass is 10.2. The van der Waals surface area contributed by atoms with E-state index in [0.29, 0.717) is 29.4 Å². The standard InChI is InChI=1S/C22H18N4O3S/c1-14-18(23-21(29-14)15-5-7-16(28-2)8-6-15)13-25-9-10-26-19(22(25)27)12-17(24-26)20-4-3-11-30-20/h3-12H,13H2,1-2H3. The molecule has 0 aliphatic carbocycles. The van der Waals surface area contributed by atoms with Crippen LogP contribution in [0.25, 0.3) is 27.5 Å². The zero-order valence-corrected chi connectivity index (χ0v) is 17.2. The Labute approximate surface area is 175 Å².